The minimum absolute atomic E-state index is 0.0647. The fourth-order valence-corrected chi connectivity index (χ4v) is 4.19. The first-order valence-electron chi connectivity index (χ1n) is 9.71. The third-order valence-corrected chi connectivity index (χ3v) is 10.2. The molecule has 0 aromatic heterocycles. The zero-order chi connectivity index (χ0) is 20.7. The largest absolute Gasteiger partial charge is 0.413 e. The van der Waals surface area contributed by atoms with Crippen LogP contribution in [-0.2, 0) is 18.9 Å². The summed E-state index contributed by atoms with van der Waals surface area (Å²) in [5.41, 5.74) is 0. The third kappa shape index (κ3) is 7.88. The second-order valence-electron chi connectivity index (χ2n) is 9.26. The summed E-state index contributed by atoms with van der Waals surface area (Å²) in [6.07, 6.45) is 3.49. The van der Waals surface area contributed by atoms with E-state index in [-0.39, 0.29) is 28.9 Å². The first-order valence-corrected chi connectivity index (χ1v) is 12.6. The number of hydroxylamine groups is 2. The standard InChI is InChI=1S/C20H41NO4Si/c1-15(13-16(2)14-22)11-12-18(17(3)19(23)21(7)24-8)25-26(9,10)20(4,5)6/h14-18H,11-13H2,1-10H3/t15-,16-,17-,18+/m0/s1. The van der Waals surface area contributed by atoms with E-state index in [2.05, 4.69) is 40.8 Å². The Morgan fingerprint density at radius 3 is 2.12 bits per heavy atom. The summed E-state index contributed by atoms with van der Waals surface area (Å²) in [6, 6.07) is 0. The van der Waals surface area contributed by atoms with Gasteiger partial charge in [0.2, 0.25) is 0 Å². The van der Waals surface area contributed by atoms with Crippen molar-refractivity contribution in [2.24, 2.45) is 17.8 Å². The van der Waals surface area contributed by atoms with Gasteiger partial charge in [0.25, 0.3) is 5.91 Å². The van der Waals surface area contributed by atoms with Gasteiger partial charge in [0.15, 0.2) is 8.32 Å². The Labute approximate surface area is 161 Å². The zero-order valence-electron chi connectivity index (χ0n) is 18.6. The first kappa shape index (κ1) is 25.3. The van der Waals surface area contributed by atoms with E-state index in [9.17, 15) is 9.59 Å². The van der Waals surface area contributed by atoms with Gasteiger partial charge in [-0.3, -0.25) is 9.63 Å². The summed E-state index contributed by atoms with van der Waals surface area (Å²) >= 11 is 0. The van der Waals surface area contributed by atoms with Gasteiger partial charge in [-0.2, -0.15) is 0 Å². The third-order valence-electron chi connectivity index (χ3n) is 5.73. The molecule has 0 unspecified atom stereocenters. The molecular weight excluding hydrogens is 346 g/mol. The molecule has 0 fully saturated rings. The van der Waals surface area contributed by atoms with Crippen molar-refractivity contribution in [2.75, 3.05) is 14.2 Å². The maximum Gasteiger partial charge on any atom is 0.251 e. The highest BCUT2D eigenvalue weighted by molar-refractivity contribution is 6.74. The summed E-state index contributed by atoms with van der Waals surface area (Å²) in [7, 11) is 1.13. The molecule has 0 aliphatic carbocycles. The van der Waals surface area contributed by atoms with Crippen molar-refractivity contribution in [2.45, 2.75) is 85.0 Å². The van der Waals surface area contributed by atoms with Crippen LogP contribution >= 0.6 is 0 Å². The lowest BCUT2D eigenvalue weighted by Crippen LogP contribution is -2.48. The first-order chi connectivity index (χ1) is 11.8. The van der Waals surface area contributed by atoms with Crippen LogP contribution in [0.15, 0.2) is 0 Å². The minimum atomic E-state index is -2.00. The Hall–Kier alpha value is -0.723. The molecule has 6 heteroatoms. The van der Waals surface area contributed by atoms with Crippen molar-refractivity contribution in [3.05, 3.63) is 0 Å². The number of rotatable bonds is 11. The van der Waals surface area contributed by atoms with E-state index in [1.807, 2.05) is 13.8 Å². The van der Waals surface area contributed by atoms with Gasteiger partial charge >= 0.3 is 0 Å². The monoisotopic (exact) mass is 387 g/mol. The highest BCUT2D eigenvalue weighted by Crippen LogP contribution is 2.39. The van der Waals surface area contributed by atoms with Crippen LogP contribution in [-0.4, -0.2) is 45.8 Å². The smallest absolute Gasteiger partial charge is 0.251 e. The molecular formula is C20H41NO4Si. The van der Waals surface area contributed by atoms with Crippen molar-refractivity contribution in [1.82, 2.24) is 5.06 Å². The lowest BCUT2D eigenvalue weighted by molar-refractivity contribution is -0.176. The highest BCUT2D eigenvalue weighted by Gasteiger charge is 2.41. The molecule has 0 rings (SSSR count). The predicted octanol–water partition coefficient (Wildman–Crippen LogP) is 4.67. The summed E-state index contributed by atoms with van der Waals surface area (Å²) in [6.45, 7) is 17.1. The molecule has 0 N–H and O–H groups in total. The van der Waals surface area contributed by atoms with Crippen molar-refractivity contribution in [3.63, 3.8) is 0 Å². The van der Waals surface area contributed by atoms with E-state index in [0.29, 0.717) is 5.92 Å². The van der Waals surface area contributed by atoms with E-state index >= 15 is 0 Å². The number of hydrogen-bond donors (Lipinski definition) is 0. The van der Waals surface area contributed by atoms with Gasteiger partial charge in [0.1, 0.15) is 6.29 Å². The van der Waals surface area contributed by atoms with Gasteiger partial charge in [-0.05, 0) is 43.3 Å². The lowest BCUT2D eigenvalue weighted by Gasteiger charge is -2.41. The number of aldehydes is 1. The van der Waals surface area contributed by atoms with Gasteiger partial charge in [-0.1, -0.05) is 41.5 Å². The summed E-state index contributed by atoms with van der Waals surface area (Å²) in [5.74, 6) is 0.154. The van der Waals surface area contributed by atoms with Crippen LogP contribution in [0.2, 0.25) is 18.1 Å². The molecule has 0 aromatic carbocycles. The fraction of sp³-hybridized carbons (Fsp3) is 0.900. The quantitative estimate of drug-likeness (QED) is 0.293. The molecule has 0 spiro atoms. The normalized spacial score (nSPS) is 17.3. The van der Waals surface area contributed by atoms with Crippen molar-refractivity contribution in [3.8, 4) is 0 Å². The highest BCUT2D eigenvalue weighted by atomic mass is 28.4. The number of amides is 1. The Morgan fingerprint density at radius 2 is 1.69 bits per heavy atom. The SMILES string of the molecule is CON(C)C(=O)[C@@H](C)[C@@H](CC[C@H](C)C[C@H](C)C=O)O[Si](C)(C)C(C)(C)C. The van der Waals surface area contributed by atoms with Crippen LogP contribution in [0, 0.1) is 17.8 Å². The van der Waals surface area contributed by atoms with Crippen LogP contribution in [0.3, 0.4) is 0 Å². The second-order valence-corrected chi connectivity index (χ2v) is 14.0. The van der Waals surface area contributed by atoms with Crippen LogP contribution in [0.4, 0.5) is 0 Å². The van der Waals surface area contributed by atoms with Gasteiger partial charge < -0.3 is 9.22 Å². The molecule has 5 nitrogen and oxygen atoms in total. The number of carbonyl (C=O) groups is 2. The van der Waals surface area contributed by atoms with E-state index in [1.54, 1.807) is 7.05 Å². The van der Waals surface area contributed by atoms with Crippen LogP contribution < -0.4 is 0 Å². The molecule has 0 aliphatic heterocycles. The zero-order valence-corrected chi connectivity index (χ0v) is 19.6. The molecule has 1 amide bonds. The van der Waals surface area contributed by atoms with Crippen LogP contribution in [0.25, 0.3) is 0 Å². The van der Waals surface area contributed by atoms with Gasteiger partial charge in [0.05, 0.1) is 19.1 Å². The van der Waals surface area contributed by atoms with Crippen LogP contribution in [0.5, 0.6) is 0 Å². The van der Waals surface area contributed by atoms with E-state index in [1.165, 1.54) is 12.2 Å². The molecule has 0 bridgehead atoms. The molecule has 0 saturated heterocycles. The minimum Gasteiger partial charge on any atom is -0.413 e. The molecule has 0 saturated carbocycles. The fourth-order valence-electron chi connectivity index (χ4n) is 2.76. The predicted molar refractivity (Wildman–Crippen MR) is 109 cm³/mol. The lowest BCUT2D eigenvalue weighted by atomic mass is 9.90. The molecule has 4 atom stereocenters. The maximum absolute atomic E-state index is 12.6. The summed E-state index contributed by atoms with van der Waals surface area (Å²) in [5, 5.41) is 1.36. The molecule has 154 valence electrons. The Kier molecular flexibility index (Phi) is 10.3. The Morgan fingerprint density at radius 1 is 1.15 bits per heavy atom. The summed E-state index contributed by atoms with van der Waals surface area (Å²) in [4.78, 5) is 28.6. The van der Waals surface area contributed by atoms with Crippen molar-refractivity contribution >= 4 is 20.5 Å². The van der Waals surface area contributed by atoms with E-state index in [0.717, 1.165) is 25.5 Å². The molecule has 0 heterocycles. The number of carbonyl (C=O) groups excluding carboxylic acids is 2. The Balaban J connectivity index is 5.22. The molecule has 0 aromatic rings. The van der Waals surface area contributed by atoms with Gasteiger partial charge in [0, 0.05) is 13.0 Å². The summed E-state index contributed by atoms with van der Waals surface area (Å²) < 4.78 is 6.63. The Bertz CT molecular complexity index is 448. The van der Waals surface area contributed by atoms with E-state index < -0.39 is 8.32 Å². The van der Waals surface area contributed by atoms with E-state index in [4.69, 9.17) is 9.26 Å². The number of hydrogen-bond acceptors (Lipinski definition) is 4. The van der Waals surface area contributed by atoms with Gasteiger partial charge in [-0.25, -0.2) is 5.06 Å². The number of nitrogens with zero attached hydrogens (tertiary/aromatic N) is 1. The van der Waals surface area contributed by atoms with Crippen LogP contribution in [0.1, 0.15) is 60.8 Å². The molecule has 26 heavy (non-hydrogen) atoms. The van der Waals surface area contributed by atoms with Crippen molar-refractivity contribution in [1.29, 1.82) is 0 Å². The average Bonchev–Trinajstić information content (AvgIpc) is 2.55. The second kappa shape index (κ2) is 10.6. The van der Waals surface area contributed by atoms with Crippen molar-refractivity contribution < 1.29 is 18.9 Å². The average molecular weight is 388 g/mol. The topological polar surface area (TPSA) is 55.8 Å². The molecule has 0 aliphatic rings. The molecule has 0 radical (unpaired) electrons. The van der Waals surface area contributed by atoms with Gasteiger partial charge in [-0.15, -0.1) is 0 Å². The maximum atomic E-state index is 12.6.